The van der Waals surface area contributed by atoms with Gasteiger partial charge >= 0.3 is 17.9 Å². The van der Waals surface area contributed by atoms with Gasteiger partial charge in [-0.3, -0.25) is 0 Å². The van der Waals surface area contributed by atoms with Crippen molar-refractivity contribution in [3.63, 3.8) is 0 Å². The normalized spacial score (nSPS) is 9.94. The Morgan fingerprint density at radius 2 is 1.59 bits per heavy atom. The highest BCUT2D eigenvalue weighted by atomic mass is 16.6. The van der Waals surface area contributed by atoms with Crippen molar-refractivity contribution in [2.24, 2.45) is 0 Å². The van der Waals surface area contributed by atoms with Crippen molar-refractivity contribution in [1.82, 2.24) is 0 Å². The summed E-state index contributed by atoms with van der Waals surface area (Å²) < 4.78 is 14.2. The van der Waals surface area contributed by atoms with E-state index in [9.17, 15) is 14.4 Å². The molecule has 1 aromatic carbocycles. The van der Waals surface area contributed by atoms with Crippen molar-refractivity contribution in [2.75, 3.05) is 19.8 Å². The van der Waals surface area contributed by atoms with Crippen LogP contribution in [-0.2, 0) is 28.6 Å². The molecule has 34 heavy (non-hydrogen) atoms. The molecule has 0 unspecified atom stereocenters. The summed E-state index contributed by atoms with van der Waals surface area (Å²) in [6.45, 7) is 19.7. The number of benzene rings is 1. The van der Waals surface area contributed by atoms with Gasteiger partial charge in [0.15, 0.2) is 0 Å². The number of hydrogen-bond donors (Lipinski definition) is 1. The summed E-state index contributed by atoms with van der Waals surface area (Å²) in [5.74, 6) is -1.18. The highest BCUT2D eigenvalue weighted by Gasteiger charge is 2.17. The van der Waals surface area contributed by atoms with Gasteiger partial charge in [0.2, 0.25) is 0 Å². The van der Waals surface area contributed by atoms with E-state index < -0.39 is 11.6 Å². The number of hydrogen-bond acceptors (Lipinski definition) is 7. The first-order chi connectivity index (χ1) is 15.9. The molecule has 0 amide bonds. The van der Waals surface area contributed by atoms with Gasteiger partial charge in [-0.25, -0.2) is 14.4 Å². The number of aliphatic hydroxyl groups is 1. The summed E-state index contributed by atoms with van der Waals surface area (Å²) in [7, 11) is 0. The van der Waals surface area contributed by atoms with Crippen LogP contribution in [0.15, 0.2) is 73.4 Å². The largest absolute Gasteiger partial charge is 0.463 e. The van der Waals surface area contributed by atoms with Gasteiger partial charge in [0, 0.05) is 11.6 Å². The lowest BCUT2D eigenvalue weighted by atomic mass is 10.1. The molecular formula is C27H38O7. The average Bonchev–Trinajstić information content (AvgIpc) is 2.79. The molecule has 0 saturated heterocycles. The van der Waals surface area contributed by atoms with Gasteiger partial charge in [0.05, 0.1) is 18.8 Å². The highest BCUT2D eigenvalue weighted by molar-refractivity contribution is 5.92. The number of carbonyl (C=O) groups excluding carboxylic acids is 3. The summed E-state index contributed by atoms with van der Waals surface area (Å²) in [5, 5.41) is 8.19. The molecule has 7 nitrogen and oxygen atoms in total. The van der Waals surface area contributed by atoms with Crippen LogP contribution in [0, 0.1) is 0 Å². The number of esters is 3. The van der Waals surface area contributed by atoms with Gasteiger partial charge < -0.3 is 19.3 Å². The van der Waals surface area contributed by atoms with E-state index in [0.29, 0.717) is 17.8 Å². The van der Waals surface area contributed by atoms with E-state index in [1.165, 1.54) is 0 Å². The topological polar surface area (TPSA) is 99.1 Å². The van der Waals surface area contributed by atoms with Crippen LogP contribution < -0.4 is 0 Å². The molecule has 0 atom stereocenters. The molecule has 0 aliphatic carbocycles. The number of ether oxygens (including phenoxy) is 3. The van der Waals surface area contributed by atoms with Gasteiger partial charge in [-0.05, 0) is 45.8 Å². The molecule has 188 valence electrons. The minimum absolute atomic E-state index is 0.0473. The molecule has 1 rings (SSSR count). The Kier molecular flexibility index (Phi) is 18.3. The number of aliphatic hydroxyl groups excluding tert-OH is 1. The summed E-state index contributed by atoms with van der Waals surface area (Å²) in [6, 6.07) is 9.74. The molecule has 0 aliphatic heterocycles. The van der Waals surface area contributed by atoms with Gasteiger partial charge in [0.1, 0.15) is 12.2 Å². The lowest BCUT2D eigenvalue weighted by molar-refractivity contribution is -0.149. The predicted octanol–water partition coefficient (Wildman–Crippen LogP) is 4.82. The van der Waals surface area contributed by atoms with E-state index >= 15 is 0 Å². The van der Waals surface area contributed by atoms with Crippen LogP contribution in [-0.4, -0.2) is 48.4 Å². The standard InChI is InChI=1S/C15H18O2.C6H10O3.C6H10O2/c1-12(14(16)17-15(2,3)4)10-11-13-8-6-5-7-9-13;1-5(2)6(8)9-4-3-7;1-3-5-8-6(7)4-2/h5-11H,1H2,2-4H3;7H,1,3-4H2,2H3;4H,2-3,5H2,1H3. The van der Waals surface area contributed by atoms with Crippen LogP contribution in [0.1, 0.15) is 46.6 Å². The zero-order valence-electron chi connectivity index (χ0n) is 21.0. The summed E-state index contributed by atoms with van der Waals surface area (Å²) >= 11 is 0. The van der Waals surface area contributed by atoms with E-state index in [1.54, 1.807) is 13.0 Å². The third-order valence-corrected chi connectivity index (χ3v) is 3.23. The Labute approximate surface area is 203 Å². The molecule has 0 aliphatic rings. The molecule has 0 fully saturated rings. The second-order valence-corrected chi connectivity index (χ2v) is 7.78. The SMILES string of the molecule is C=C(C)C(=O)OCCO.C=C(C=Cc1ccccc1)C(=O)OC(C)(C)C.C=CC(=O)OCCC. The van der Waals surface area contributed by atoms with Crippen LogP contribution in [0.3, 0.4) is 0 Å². The maximum absolute atomic E-state index is 11.6. The highest BCUT2D eigenvalue weighted by Crippen LogP contribution is 2.12. The monoisotopic (exact) mass is 474 g/mol. The Morgan fingerprint density at radius 3 is 2.03 bits per heavy atom. The van der Waals surface area contributed by atoms with Crippen LogP contribution in [0.25, 0.3) is 6.08 Å². The molecule has 0 bridgehead atoms. The van der Waals surface area contributed by atoms with Crippen molar-refractivity contribution < 1.29 is 33.7 Å². The second-order valence-electron chi connectivity index (χ2n) is 7.78. The molecule has 0 saturated carbocycles. The predicted molar refractivity (Wildman–Crippen MR) is 135 cm³/mol. The molecule has 0 heterocycles. The minimum Gasteiger partial charge on any atom is -0.463 e. The lowest BCUT2D eigenvalue weighted by Gasteiger charge is -2.19. The third kappa shape index (κ3) is 20.5. The van der Waals surface area contributed by atoms with Gasteiger partial charge in [-0.2, -0.15) is 0 Å². The van der Waals surface area contributed by atoms with Crippen LogP contribution in [0.2, 0.25) is 0 Å². The molecule has 7 heteroatoms. The Morgan fingerprint density at radius 1 is 1.00 bits per heavy atom. The summed E-state index contributed by atoms with van der Waals surface area (Å²) in [5.41, 5.74) is 1.24. The Hall–Kier alpha value is -3.45. The first kappa shape index (κ1) is 32.7. The van der Waals surface area contributed by atoms with E-state index in [1.807, 2.05) is 64.1 Å². The van der Waals surface area contributed by atoms with Gasteiger partial charge in [-0.15, -0.1) is 0 Å². The van der Waals surface area contributed by atoms with Gasteiger partial charge in [-0.1, -0.05) is 63.1 Å². The summed E-state index contributed by atoms with van der Waals surface area (Å²) in [4.78, 5) is 32.3. The fourth-order valence-corrected chi connectivity index (χ4v) is 1.70. The Bertz CT molecular complexity index is 815. The molecule has 1 N–H and O–H groups in total. The molecule has 0 spiro atoms. The first-order valence-corrected chi connectivity index (χ1v) is 10.8. The lowest BCUT2D eigenvalue weighted by Crippen LogP contribution is -2.24. The summed E-state index contributed by atoms with van der Waals surface area (Å²) in [6.07, 6.45) is 5.53. The van der Waals surface area contributed by atoms with Crippen molar-refractivity contribution >= 4 is 24.0 Å². The van der Waals surface area contributed by atoms with Crippen molar-refractivity contribution in [2.45, 2.75) is 46.6 Å². The zero-order valence-corrected chi connectivity index (χ0v) is 21.0. The fourth-order valence-electron chi connectivity index (χ4n) is 1.70. The minimum atomic E-state index is -0.486. The van der Waals surface area contributed by atoms with Crippen molar-refractivity contribution in [3.05, 3.63) is 78.9 Å². The third-order valence-electron chi connectivity index (χ3n) is 3.23. The molecule has 1 aromatic rings. The van der Waals surface area contributed by atoms with Crippen molar-refractivity contribution in [3.8, 4) is 0 Å². The second kappa shape index (κ2) is 19.1. The number of rotatable bonds is 9. The number of carbonyl (C=O) groups is 3. The van der Waals surface area contributed by atoms with Crippen LogP contribution >= 0.6 is 0 Å². The van der Waals surface area contributed by atoms with E-state index in [2.05, 4.69) is 29.2 Å². The maximum Gasteiger partial charge on any atom is 0.338 e. The first-order valence-electron chi connectivity index (χ1n) is 10.8. The van der Waals surface area contributed by atoms with Crippen molar-refractivity contribution in [1.29, 1.82) is 0 Å². The van der Waals surface area contributed by atoms with Gasteiger partial charge in [0.25, 0.3) is 0 Å². The zero-order chi connectivity index (χ0) is 26.6. The Balaban J connectivity index is 0. The maximum atomic E-state index is 11.6. The fraction of sp³-hybridized carbons (Fsp3) is 0.370. The van der Waals surface area contributed by atoms with E-state index in [-0.39, 0.29) is 25.2 Å². The quantitative estimate of drug-likeness (QED) is 0.237. The van der Waals surface area contributed by atoms with E-state index in [0.717, 1.165) is 18.1 Å². The van der Waals surface area contributed by atoms with Crippen LogP contribution in [0.4, 0.5) is 0 Å². The van der Waals surface area contributed by atoms with Crippen LogP contribution in [0.5, 0.6) is 0 Å². The molecule has 0 aromatic heterocycles. The smallest absolute Gasteiger partial charge is 0.338 e. The molecule has 0 radical (unpaired) electrons. The average molecular weight is 475 g/mol. The van der Waals surface area contributed by atoms with E-state index in [4.69, 9.17) is 9.84 Å². The molecular weight excluding hydrogens is 436 g/mol.